The van der Waals surface area contributed by atoms with Gasteiger partial charge < -0.3 is 5.32 Å². The summed E-state index contributed by atoms with van der Waals surface area (Å²) in [6, 6.07) is 0.531. The Morgan fingerprint density at radius 1 is 1.50 bits per heavy atom. The van der Waals surface area contributed by atoms with Crippen LogP contribution in [0.5, 0.6) is 0 Å². The number of hydrogen-bond acceptors (Lipinski definition) is 1. The van der Waals surface area contributed by atoms with Gasteiger partial charge in [-0.3, -0.25) is 0 Å². The molecule has 1 N–H and O–H groups in total. The second kappa shape index (κ2) is 6.96. The molecule has 1 atom stereocenters. The molecule has 70 valence electrons. The Labute approximate surface area is 76.6 Å². The Kier molecular flexibility index (Phi) is 6.54. The van der Waals surface area contributed by atoms with Gasteiger partial charge in [-0.25, -0.2) is 0 Å². The monoisotopic (exact) mass is 167 g/mol. The summed E-state index contributed by atoms with van der Waals surface area (Å²) >= 11 is 0. The van der Waals surface area contributed by atoms with Gasteiger partial charge in [-0.15, -0.1) is 0 Å². The summed E-state index contributed by atoms with van der Waals surface area (Å²) in [4.78, 5) is 0. The molecule has 12 heavy (non-hydrogen) atoms. The third-order valence-corrected chi connectivity index (χ3v) is 1.82. The molecule has 0 fully saturated rings. The first kappa shape index (κ1) is 11.3. The lowest BCUT2D eigenvalue weighted by atomic mass is 10.2. The molecule has 0 heterocycles. The van der Waals surface area contributed by atoms with Crippen molar-refractivity contribution in [2.24, 2.45) is 0 Å². The zero-order chi connectivity index (χ0) is 9.40. The maximum absolute atomic E-state index is 3.92. The van der Waals surface area contributed by atoms with Gasteiger partial charge in [0, 0.05) is 11.7 Å². The van der Waals surface area contributed by atoms with Gasteiger partial charge >= 0.3 is 0 Å². The highest BCUT2D eigenvalue weighted by atomic mass is 14.9. The van der Waals surface area contributed by atoms with Gasteiger partial charge in [0.2, 0.25) is 0 Å². The molecule has 0 aromatic carbocycles. The first-order valence-electron chi connectivity index (χ1n) is 4.82. The third-order valence-electron chi connectivity index (χ3n) is 1.82. The first-order chi connectivity index (χ1) is 5.70. The molecule has 1 heteroatoms. The van der Waals surface area contributed by atoms with Gasteiger partial charge in [0.1, 0.15) is 0 Å². The van der Waals surface area contributed by atoms with Crippen molar-refractivity contribution >= 4 is 0 Å². The van der Waals surface area contributed by atoms with Crippen LogP contribution in [0.1, 0.15) is 40.0 Å². The molecule has 1 nitrogen and oxygen atoms in total. The molecule has 0 bridgehead atoms. The molecule has 0 spiro atoms. The van der Waals surface area contributed by atoms with Crippen molar-refractivity contribution in [3.63, 3.8) is 0 Å². The second-order valence-corrected chi connectivity index (χ2v) is 3.17. The number of allylic oxidation sites excluding steroid dienone is 2. The van der Waals surface area contributed by atoms with E-state index in [0.717, 1.165) is 18.5 Å². The molecule has 0 saturated heterocycles. The van der Waals surface area contributed by atoms with Gasteiger partial charge in [-0.05, 0) is 25.8 Å². The van der Waals surface area contributed by atoms with E-state index < -0.39 is 0 Å². The highest BCUT2D eigenvalue weighted by molar-refractivity contribution is 5.12. The summed E-state index contributed by atoms with van der Waals surface area (Å²) in [5.41, 5.74) is 1.03. The van der Waals surface area contributed by atoms with Gasteiger partial charge in [-0.2, -0.15) is 0 Å². The highest BCUT2D eigenvalue weighted by Crippen LogP contribution is 1.97. The molecule has 0 amide bonds. The molecule has 0 aliphatic rings. The molecule has 0 aromatic rings. The Morgan fingerprint density at radius 2 is 2.17 bits per heavy atom. The highest BCUT2D eigenvalue weighted by Gasteiger charge is 1.95. The largest absolute Gasteiger partial charge is 0.383 e. The Morgan fingerprint density at radius 3 is 2.67 bits per heavy atom. The van der Waals surface area contributed by atoms with Crippen molar-refractivity contribution in [2.75, 3.05) is 0 Å². The van der Waals surface area contributed by atoms with E-state index in [9.17, 15) is 0 Å². The van der Waals surface area contributed by atoms with Crippen molar-refractivity contribution in [1.82, 2.24) is 5.32 Å². The number of nitrogens with one attached hydrogen (secondary N) is 1. The topological polar surface area (TPSA) is 12.0 Å². The van der Waals surface area contributed by atoms with E-state index in [1.807, 2.05) is 0 Å². The SMILES string of the molecule is C=C(/C=C/CCC)NC(C)CC. The molecule has 0 aliphatic heterocycles. The molecule has 0 saturated carbocycles. The summed E-state index contributed by atoms with van der Waals surface area (Å²) in [5, 5.41) is 3.31. The van der Waals surface area contributed by atoms with Crippen LogP contribution >= 0.6 is 0 Å². The van der Waals surface area contributed by atoms with Gasteiger partial charge in [0.05, 0.1) is 0 Å². The maximum Gasteiger partial charge on any atom is 0.0265 e. The van der Waals surface area contributed by atoms with Crippen LogP contribution in [0.4, 0.5) is 0 Å². The minimum Gasteiger partial charge on any atom is -0.383 e. The minimum atomic E-state index is 0.531. The number of unbranched alkanes of at least 4 members (excludes halogenated alkanes) is 1. The minimum absolute atomic E-state index is 0.531. The molecular formula is C11H21N. The van der Waals surface area contributed by atoms with Crippen LogP contribution in [-0.4, -0.2) is 6.04 Å². The summed E-state index contributed by atoms with van der Waals surface area (Å²) in [7, 11) is 0. The zero-order valence-corrected chi connectivity index (χ0v) is 8.56. The van der Waals surface area contributed by atoms with Gasteiger partial charge in [0.25, 0.3) is 0 Å². The van der Waals surface area contributed by atoms with Crippen LogP contribution in [0.2, 0.25) is 0 Å². The Bertz CT molecular complexity index is 147. The fourth-order valence-corrected chi connectivity index (χ4v) is 0.859. The molecule has 1 unspecified atom stereocenters. The summed E-state index contributed by atoms with van der Waals surface area (Å²) in [6.45, 7) is 10.4. The van der Waals surface area contributed by atoms with E-state index in [1.54, 1.807) is 0 Å². The van der Waals surface area contributed by atoms with Crippen molar-refractivity contribution in [3.8, 4) is 0 Å². The van der Waals surface area contributed by atoms with E-state index in [2.05, 4.69) is 44.8 Å². The summed E-state index contributed by atoms with van der Waals surface area (Å²) in [6.07, 6.45) is 7.71. The lowest BCUT2D eigenvalue weighted by Gasteiger charge is -2.12. The molecular weight excluding hydrogens is 146 g/mol. The third kappa shape index (κ3) is 6.02. The summed E-state index contributed by atoms with van der Waals surface area (Å²) < 4.78 is 0. The molecule has 0 aliphatic carbocycles. The number of rotatable bonds is 6. The standard InChI is InChI=1S/C11H21N/c1-5-7-8-9-11(4)12-10(3)6-2/h8-10,12H,4-7H2,1-3H3/b9-8+. The first-order valence-corrected chi connectivity index (χ1v) is 4.82. The van der Waals surface area contributed by atoms with E-state index in [4.69, 9.17) is 0 Å². The Hall–Kier alpha value is -0.720. The Balaban J connectivity index is 3.58. The van der Waals surface area contributed by atoms with Gasteiger partial charge in [-0.1, -0.05) is 32.9 Å². The predicted octanol–water partition coefficient (Wildman–Crippen LogP) is 3.24. The fraction of sp³-hybridized carbons (Fsp3) is 0.636. The average Bonchev–Trinajstić information content (AvgIpc) is 2.05. The van der Waals surface area contributed by atoms with Crippen LogP contribution in [0.15, 0.2) is 24.4 Å². The number of hydrogen-bond donors (Lipinski definition) is 1. The van der Waals surface area contributed by atoms with Crippen LogP contribution in [-0.2, 0) is 0 Å². The normalized spacial score (nSPS) is 13.2. The maximum atomic E-state index is 3.92. The average molecular weight is 167 g/mol. The smallest absolute Gasteiger partial charge is 0.0265 e. The van der Waals surface area contributed by atoms with Crippen LogP contribution in [0.3, 0.4) is 0 Å². The van der Waals surface area contributed by atoms with Gasteiger partial charge in [0.15, 0.2) is 0 Å². The molecule has 0 aromatic heterocycles. The zero-order valence-electron chi connectivity index (χ0n) is 8.56. The molecule has 0 radical (unpaired) electrons. The predicted molar refractivity (Wildman–Crippen MR) is 56.1 cm³/mol. The quantitative estimate of drug-likeness (QED) is 0.599. The lowest BCUT2D eigenvalue weighted by Crippen LogP contribution is -2.22. The lowest BCUT2D eigenvalue weighted by molar-refractivity contribution is 0.605. The van der Waals surface area contributed by atoms with Crippen molar-refractivity contribution < 1.29 is 0 Å². The molecule has 0 rings (SSSR count). The van der Waals surface area contributed by atoms with Crippen molar-refractivity contribution in [2.45, 2.75) is 46.1 Å². The van der Waals surface area contributed by atoms with Crippen molar-refractivity contribution in [1.29, 1.82) is 0 Å². The van der Waals surface area contributed by atoms with E-state index >= 15 is 0 Å². The van der Waals surface area contributed by atoms with Crippen LogP contribution < -0.4 is 5.32 Å². The van der Waals surface area contributed by atoms with Crippen LogP contribution in [0, 0.1) is 0 Å². The van der Waals surface area contributed by atoms with E-state index in [1.165, 1.54) is 6.42 Å². The van der Waals surface area contributed by atoms with Crippen molar-refractivity contribution in [3.05, 3.63) is 24.4 Å². The fourth-order valence-electron chi connectivity index (χ4n) is 0.859. The van der Waals surface area contributed by atoms with E-state index in [0.29, 0.717) is 6.04 Å². The second-order valence-electron chi connectivity index (χ2n) is 3.17. The summed E-state index contributed by atoms with van der Waals surface area (Å²) in [5.74, 6) is 0. The van der Waals surface area contributed by atoms with Crippen LogP contribution in [0.25, 0.3) is 0 Å². The van der Waals surface area contributed by atoms with E-state index in [-0.39, 0.29) is 0 Å².